The van der Waals surface area contributed by atoms with E-state index in [4.69, 9.17) is 0 Å². The number of pyridine rings is 1. The maximum atomic E-state index is 11.9. The summed E-state index contributed by atoms with van der Waals surface area (Å²) in [4.78, 5) is 36.3. The number of nitrogens with zero attached hydrogens (tertiary/aromatic N) is 2. The number of rotatable bonds is 4. The first kappa shape index (κ1) is 14.3. The summed E-state index contributed by atoms with van der Waals surface area (Å²) in [6.07, 6.45) is 2.77. The lowest BCUT2D eigenvalue weighted by molar-refractivity contribution is -0.141. The molecule has 3 N–H and O–H groups in total. The van der Waals surface area contributed by atoms with Crippen LogP contribution in [-0.4, -0.2) is 38.9 Å². The Labute approximate surface area is 118 Å². The number of methoxy groups -OCH3 is 1. The SMILES string of the molecule is COC(=O)Cn1cc(NC(=O)c2cc(O)[nH]c(=O)c2)cn1. The van der Waals surface area contributed by atoms with Crippen LogP contribution in [0.2, 0.25) is 0 Å². The molecule has 2 aromatic rings. The average Bonchev–Trinajstić information content (AvgIpc) is 2.84. The fourth-order valence-electron chi connectivity index (χ4n) is 1.57. The van der Waals surface area contributed by atoms with Crippen LogP contribution in [0.1, 0.15) is 10.4 Å². The molecule has 21 heavy (non-hydrogen) atoms. The second-order valence-corrected chi connectivity index (χ2v) is 4.08. The second kappa shape index (κ2) is 5.90. The van der Waals surface area contributed by atoms with Gasteiger partial charge in [0, 0.05) is 18.3 Å². The summed E-state index contributed by atoms with van der Waals surface area (Å²) in [6, 6.07) is 2.17. The van der Waals surface area contributed by atoms with Crippen molar-refractivity contribution in [1.82, 2.24) is 14.8 Å². The quantitative estimate of drug-likeness (QED) is 0.664. The van der Waals surface area contributed by atoms with E-state index >= 15 is 0 Å². The van der Waals surface area contributed by atoms with Gasteiger partial charge in [-0.15, -0.1) is 0 Å². The summed E-state index contributed by atoms with van der Waals surface area (Å²) < 4.78 is 5.78. The van der Waals surface area contributed by atoms with Gasteiger partial charge in [-0.1, -0.05) is 0 Å². The van der Waals surface area contributed by atoms with Crippen LogP contribution >= 0.6 is 0 Å². The van der Waals surface area contributed by atoms with Gasteiger partial charge >= 0.3 is 5.97 Å². The summed E-state index contributed by atoms with van der Waals surface area (Å²) >= 11 is 0. The van der Waals surface area contributed by atoms with E-state index in [0.29, 0.717) is 5.69 Å². The summed E-state index contributed by atoms with van der Waals surface area (Å²) in [5, 5.41) is 15.6. The zero-order valence-corrected chi connectivity index (χ0v) is 11.0. The molecule has 0 spiro atoms. The number of aromatic nitrogens is 3. The summed E-state index contributed by atoms with van der Waals surface area (Å²) in [6.45, 7) is -0.0852. The highest BCUT2D eigenvalue weighted by molar-refractivity contribution is 6.04. The smallest absolute Gasteiger partial charge is 0.327 e. The van der Waals surface area contributed by atoms with Crippen LogP contribution < -0.4 is 10.9 Å². The molecule has 0 aliphatic rings. The number of anilines is 1. The Bertz CT molecular complexity index is 733. The molecule has 110 valence electrons. The summed E-state index contributed by atoms with van der Waals surface area (Å²) in [7, 11) is 1.26. The highest BCUT2D eigenvalue weighted by Gasteiger charge is 2.10. The van der Waals surface area contributed by atoms with Crippen LogP contribution in [0, 0.1) is 0 Å². The molecule has 0 saturated heterocycles. The van der Waals surface area contributed by atoms with Gasteiger partial charge in [-0.3, -0.25) is 24.0 Å². The van der Waals surface area contributed by atoms with Gasteiger partial charge in [0.15, 0.2) is 5.88 Å². The Morgan fingerprint density at radius 2 is 2.24 bits per heavy atom. The molecule has 9 nitrogen and oxygen atoms in total. The largest absolute Gasteiger partial charge is 0.494 e. The summed E-state index contributed by atoms with van der Waals surface area (Å²) in [5.74, 6) is -1.47. The molecular formula is C12H12N4O5. The standard InChI is InChI=1S/C12H12N4O5/c1-21-11(19)6-16-5-8(4-13-16)14-12(20)7-2-9(17)15-10(18)3-7/h2-5H,6H2,1H3,(H,14,20)(H2,15,17,18). The topological polar surface area (TPSA) is 126 Å². The number of H-pyrrole nitrogens is 1. The van der Waals surface area contributed by atoms with E-state index in [-0.39, 0.29) is 12.1 Å². The number of nitrogens with one attached hydrogen (secondary N) is 2. The molecule has 0 aliphatic carbocycles. The second-order valence-electron chi connectivity index (χ2n) is 4.08. The number of ether oxygens (including phenoxy) is 1. The molecule has 2 aromatic heterocycles. The van der Waals surface area contributed by atoms with Gasteiger partial charge in [-0.05, 0) is 0 Å². The third kappa shape index (κ3) is 3.69. The number of carbonyl (C=O) groups is 2. The molecule has 0 unspecified atom stereocenters. The van der Waals surface area contributed by atoms with Crippen molar-refractivity contribution in [2.75, 3.05) is 12.4 Å². The fourth-order valence-corrected chi connectivity index (χ4v) is 1.57. The highest BCUT2D eigenvalue weighted by atomic mass is 16.5. The third-order valence-corrected chi connectivity index (χ3v) is 2.50. The first-order valence-corrected chi connectivity index (χ1v) is 5.82. The zero-order chi connectivity index (χ0) is 15.4. The maximum absolute atomic E-state index is 11.9. The van der Waals surface area contributed by atoms with Gasteiger partial charge in [0.2, 0.25) is 0 Å². The van der Waals surface area contributed by atoms with Crippen molar-refractivity contribution in [2.45, 2.75) is 6.54 Å². The van der Waals surface area contributed by atoms with Crippen molar-refractivity contribution in [1.29, 1.82) is 0 Å². The number of esters is 1. The van der Waals surface area contributed by atoms with Crippen LogP contribution in [0.5, 0.6) is 5.88 Å². The van der Waals surface area contributed by atoms with Crippen molar-refractivity contribution in [3.05, 3.63) is 40.4 Å². The molecule has 0 saturated carbocycles. The van der Waals surface area contributed by atoms with Gasteiger partial charge in [-0.2, -0.15) is 5.10 Å². The molecule has 2 heterocycles. The number of aromatic hydroxyl groups is 1. The molecule has 1 amide bonds. The number of hydrogen-bond donors (Lipinski definition) is 3. The van der Waals surface area contributed by atoms with Crippen LogP contribution in [0.4, 0.5) is 5.69 Å². The lowest BCUT2D eigenvalue weighted by atomic mass is 10.2. The van der Waals surface area contributed by atoms with E-state index in [0.717, 1.165) is 12.1 Å². The third-order valence-electron chi connectivity index (χ3n) is 2.50. The van der Waals surface area contributed by atoms with E-state index in [1.807, 2.05) is 0 Å². The monoisotopic (exact) mass is 292 g/mol. The number of carbonyl (C=O) groups excluding carboxylic acids is 2. The minimum absolute atomic E-state index is 0.00281. The van der Waals surface area contributed by atoms with Crippen molar-refractivity contribution in [3.8, 4) is 5.88 Å². The van der Waals surface area contributed by atoms with Crippen LogP contribution in [0.25, 0.3) is 0 Å². The zero-order valence-electron chi connectivity index (χ0n) is 11.0. The van der Waals surface area contributed by atoms with Gasteiger partial charge in [0.25, 0.3) is 11.5 Å². The average molecular weight is 292 g/mol. The molecule has 0 atom stereocenters. The van der Waals surface area contributed by atoms with Gasteiger partial charge in [-0.25, -0.2) is 0 Å². The van der Waals surface area contributed by atoms with E-state index < -0.39 is 23.3 Å². The lowest BCUT2D eigenvalue weighted by Gasteiger charge is -2.02. The first-order valence-electron chi connectivity index (χ1n) is 5.82. The molecule has 0 radical (unpaired) electrons. The highest BCUT2D eigenvalue weighted by Crippen LogP contribution is 2.10. The number of amides is 1. The predicted octanol–water partition coefficient (Wildman–Crippen LogP) is -0.298. The molecule has 0 aromatic carbocycles. The Hall–Kier alpha value is -3.10. The van der Waals surface area contributed by atoms with E-state index in [2.05, 4.69) is 20.1 Å². The van der Waals surface area contributed by atoms with Crippen molar-refractivity contribution in [2.24, 2.45) is 0 Å². The number of hydrogen-bond acceptors (Lipinski definition) is 6. The van der Waals surface area contributed by atoms with E-state index in [1.54, 1.807) is 0 Å². The van der Waals surface area contributed by atoms with Crippen LogP contribution in [0.15, 0.2) is 29.3 Å². The number of aromatic amines is 1. The Morgan fingerprint density at radius 3 is 2.90 bits per heavy atom. The van der Waals surface area contributed by atoms with Crippen LogP contribution in [0.3, 0.4) is 0 Å². The van der Waals surface area contributed by atoms with E-state index in [1.165, 1.54) is 24.2 Å². The first-order chi connectivity index (χ1) is 9.97. The normalized spacial score (nSPS) is 10.1. The predicted molar refractivity (Wildman–Crippen MR) is 70.9 cm³/mol. The Balaban J connectivity index is 2.09. The minimum atomic E-state index is -0.596. The lowest BCUT2D eigenvalue weighted by Crippen LogP contribution is -2.15. The van der Waals surface area contributed by atoms with Gasteiger partial charge in [0.1, 0.15) is 6.54 Å². The summed E-state index contributed by atoms with van der Waals surface area (Å²) in [5.41, 5.74) is -0.262. The maximum Gasteiger partial charge on any atom is 0.327 e. The Morgan fingerprint density at radius 1 is 1.48 bits per heavy atom. The van der Waals surface area contributed by atoms with Crippen molar-refractivity contribution >= 4 is 17.6 Å². The molecule has 0 bridgehead atoms. The molecule has 0 fully saturated rings. The van der Waals surface area contributed by atoms with Crippen LogP contribution in [-0.2, 0) is 16.1 Å². The van der Waals surface area contributed by atoms with Gasteiger partial charge < -0.3 is 15.2 Å². The molecular weight excluding hydrogens is 280 g/mol. The van der Waals surface area contributed by atoms with Crippen molar-refractivity contribution in [3.63, 3.8) is 0 Å². The fraction of sp³-hybridized carbons (Fsp3) is 0.167. The molecule has 9 heteroatoms. The molecule has 2 rings (SSSR count). The van der Waals surface area contributed by atoms with E-state index in [9.17, 15) is 19.5 Å². The van der Waals surface area contributed by atoms with Crippen molar-refractivity contribution < 1.29 is 19.4 Å². The molecule has 0 aliphatic heterocycles. The minimum Gasteiger partial charge on any atom is -0.494 e. The Kier molecular flexibility index (Phi) is 4.02. The van der Waals surface area contributed by atoms with Gasteiger partial charge in [0.05, 0.1) is 24.6 Å².